The lowest BCUT2D eigenvalue weighted by Crippen LogP contribution is -2.03. The molecule has 0 aliphatic heterocycles. The molecular formula is C18H22. The van der Waals surface area contributed by atoms with Gasteiger partial charge in [-0.3, -0.25) is 0 Å². The number of benzene rings is 2. The topological polar surface area (TPSA) is 0 Å². The average molecular weight is 238 g/mol. The summed E-state index contributed by atoms with van der Waals surface area (Å²) in [6, 6.07) is 13.2. The van der Waals surface area contributed by atoms with Crippen molar-refractivity contribution in [3.63, 3.8) is 0 Å². The summed E-state index contributed by atoms with van der Waals surface area (Å²) in [6.45, 7) is 11.2. The van der Waals surface area contributed by atoms with Gasteiger partial charge in [0.2, 0.25) is 0 Å². The van der Waals surface area contributed by atoms with Crippen molar-refractivity contribution in [2.24, 2.45) is 0 Å². The Labute approximate surface area is 111 Å². The van der Waals surface area contributed by atoms with Crippen LogP contribution in [0.25, 0.3) is 0 Å². The van der Waals surface area contributed by atoms with Gasteiger partial charge in [0.1, 0.15) is 0 Å². The number of hydrogen-bond donors (Lipinski definition) is 0. The van der Waals surface area contributed by atoms with E-state index in [9.17, 15) is 0 Å². The van der Waals surface area contributed by atoms with Gasteiger partial charge >= 0.3 is 0 Å². The Balaban J connectivity index is 2.50. The van der Waals surface area contributed by atoms with E-state index in [0.717, 1.165) is 0 Å². The second-order valence-corrected chi connectivity index (χ2v) is 5.30. The molecule has 0 heteroatoms. The Hall–Kier alpha value is -1.56. The maximum absolute atomic E-state index is 2.30. The summed E-state index contributed by atoms with van der Waals surface area (Å²) in [4.78, 5) is 0. The maximum atomic E-state index is 2.30. The zero-order valence-corrected chi connectivity index (χ0v) is 12.0. The Kier molecular flexibility index (Phi) is 3.56. The molecule has 0 saturated heterocycles. The SMILES string of the molecule is Cc1ccccc1C(C)c1ccc(C)c(C)c1C. The molecule has 1 atom stereocenters. The van der Waals surface area contributed by atoms with E-state index in [1.807, 2.05) is 0 Å². The number of rotatable bonds is 2. The van der Waals surface area contributed by atoms with Gasteiger partial charge in [0.15, 0.2) is 0 Å². The first-order chi connectivity index (χ1) is 8.52. The van der Waals surface area contributed by atoms with Gasteiger partial charge in [-0.2, -0.15) is 0 Å². The molecule has 0 aromatic heterocycles. The van der Waals surface area contributed by atoms with Crippen LogP contribution in [0.1, 0.15) is 46.2 Å². The van der Waals surface area contributed by atoms with E-state index in [-0.39, 0.29) is 0 Å². The first kappa shape index (κ1) is 12.9. The largest absolute Gasteiger partial charge is 0.0620 e. The van der Waals surface area contributed by atoms with E-state index >= 15 is 0 Å². The highest BCUT2D eigenvalue weighted by Gasteiger charge is 2.14. The van der Waals surface area contributed by atoms with Crippen molar-refractivity contribution in [3.8, 4) is 0 Å². The zero-order valence-electron chi connectivity index (χ0n) is 12.0. The van der Waals surface area contributed by atoms with Gasteiger partial charge in [0.05, 0.1) is 0 Å². The summed E-state index contributed by atoms with van der Waals surface area (Å²) in [5.74, 6) is 0.463. The fraction of sp³-hybridized carbons (Fsp3) is 0.333. The molecule has 2 aromatic rings. The molecule has 1 unspecified atom stereocenters. The van der Waals surface area contributed by atoms with Crippen LogP contribution < -0.4 is 0 Å². The molecule has 0 fully saturated rings. The van der Waals surface area contributed by atoms with Gasteiger partial charge in [-0.25, -0.2) is 0 Å². The van der Waals surface area contributed by atoms with Crippen molar-refractivity contribution in [2.45, 2.75) is 40.5 Å². The maximum Gasteiger partial charge on any atom is 0.00663 e. The fourth-order valence-electron chi connectivity index (χ4n) is 2.69. The molecule has 0 heterocycles. The van der Waals surface area contributed by atoms with E-state index in [1.165, 1.54) is 33.4 Å². The summed E-state index contributed by atoms with van der Waals surface area (Å²) < 4.78 is 0. The minimum absolute atomic E-state index is 0.463. The van der Waals surface area contributed by atoms with Gasteiger partial charge in [0, 0.05) is 5.92 Å². The zero-order chi connectivity index (χ0) is 13.3. The predicted molar refractivity (Wildman–Crippen MR) is 79.3 cm³/mol. The molecular weight excluding hydrogens is 216 g/mol. The van der Waals surface area contributed by atoms with Crippen molar-refractivity contribution >= 4 is 0 Å². The molecule has 2 aromatic carbocycles. The minimum Gasteiger partial charge on any atom is -0.0620 e. The Morgan fingerprint density at radius 1 is 0.667 bits per heavy atom. The van der Waals surface area contributed by atoms with Crippen molar-refractivity contribution in [3.05, 3.63) is 69.8 Å². The van der Waals surface area contributed by atoms with Crippen LogP contribution in [0.2, 0.25) is 0 Å². The smallest absolute Gasteiger partial charge is 0.00663 e. The number of hydrogen-bond acceptors (Lipinski definition) is 0. The van der Waals surface area contributed by atoms with Gasteiger partial charge in [-0.15, -0.1) is 0 Å². The summed E-state index contributed by atoms with van der Waals surface area (Å²) in [5.41, 5.74) is 8.51. The van der Waals surface area contributed by atoms with Crippen LogP contribution in [-0.4, -0.2) is 0 Å². The lowest BCUT2D eigenvalue weighted by Gasteiger charge is -2.19. The lowest BCUT2D eigenvalue weighted by molar-refractivity contribution is 0.893. The minimum atomic E-state index is 0.463. The van der Waals surface area contributed by atoms with E-state index in [4.69, 9.17) is 0 Å². The molecule has 0 bridgehead atoms. The van der Waals surface area contributed by atoms with Crippen LogP contribution in [0.4, 0.5) is 0 Å². The monoisotopic (exact) mass is 238 g/mol. The van der Waals surface area contributed by atoms with Crippen molar-refractivity contribution in [2.75, 3.05) is 0 Å². The van der Waals surface area contributed by atoms with Crippen LogP contribution in [0.15, 0.2) is 36.4 Å². The third-order valence-electron chi connectivity index (χ3n) is 4.22. The van der Waals surface area contributed by atoms with Crippen LogP contribution >= 0.6 is 0 Å². The van der Waals surface area contributed by atoms with Crippen LogP contribution in [-0.2, 0) is 0 Å². The molecule has 2 rings (SSSR count). The molecule has 0 amide bonds. The number of aryl methyl sites for hydroxylation is 2. The standard InChI is InChI=1S/C18H22/c1-12-10-11-18(15(4)14(12)3)16(5)17-9-7-6-8-13(17)2/h6-11,16H,1-5H3. The highest BCUT2D eigenvalue weighted by atomic mass is 14.2. The molecule has 0 N–H and O–H groups in total. The predicted octanol–water partition coefficient (Wildman–Crippen LogP) is 5.07. The van der Waals surface area contributed by atoms with Gasteiger partial charge in [-0.05, 0) is 61.1 Å². The molecule has 0 radical (unpaired) electrons. The first-order valence-electron chi connectivity index (χ1n) is 6.64. The van der Waals surface area contributed by atoms with E-state index < -0.39 is 0 Å². The molecule has 0 nitrogen and oxygen atoms in total. The highest BCUT2D eigenvalue weighted by molar-refractivity contribution is 5.45. The second-order valence-electron chi connectivity index (χ2n) is 5.30. The van der Waals surface area contributed by atoms with Gasteiger partial charge < -0.3 is 0 Å². The second kappa shape index (κ2) is 4.97. The Bertz CT molecular complexity index is 564. The van der Waals surface area contributed by atoms with Crippen molar-refractivity contribution in [1.82, 2.24) is 0 Å². The van der Waals surface area contributed by atoms with E-state index in [1.54, 1.807) is 0 Å². The highest BCUT2D eigenvalue weighted by Crippen LogP contribution is 2.30. The molecule has 0 saturated carbocycles. The third kappa shape index (κ3) is 2.20. The molecule has 94 valence electrons. The fourth-order valence-corrected chi connectivity index (χ4v) is 2.69. The Morgan fingerprint density at radius 3 is 2.00 bits per heavy atom. The average Bonchev–Trinajstić information content (AvgIpc) is 2.36. The Morgan fingerprint density at radius 2 is 1.33 bits per heavy atom. The van der Waals surface area contributed by atoms with Gasteiger partial charge in [0.25, 0.3) is 0 Å². The molecule has 18 heavy (non-hydrogen) atoms. The molecule has 0 aliphatic carbocycles. The summed E-state index contributed by atoms with van der Waals surface area (Å²) in [6.07, 6.45) is 0. The van der Waals surface area contributed by atoms with Crippen LogP contribution in [0.5, 0.6) is 0 Å². The van der Waals surface area contributed by atoms with E-state index in [0.29, 0.717) is 5.92 Å². The summed E-state index contributed by atoms with van der Waals surface area (Å²) in [7, 11) is 0. The van der Waals surface area contributed by atoms with E-state index in [2.05, 4.69) is 71.0 Å². The molecule has 0 aliphatic rings. The lowest BCUT2D eigenvalue weighted by atomic mass is 9.85. The summed E-state index contributed by atoms with van der Waals surface area (Å²) >= 11 is 0. The van der Waals surface area contributed by atoms with Crippen LogP contribution in [0, 0.1) is 27.7 Å². The third-order valence-corrected chi connectivity index (χ3v) is 4.22. The van der Waals surface area contributed by atoms with Crippen LogP contribution in [0.3, 0.4) is 0 Å². The normalized spacial score (nSPS) is 12.5. The summed E-state index contributed by atoms with van der Waals surface area (Å²) in [5, 5.41) is 0. The quantitative estimate of drug-likeness (QED) is 0.685. The molecule has 0 spiro atoms. The van der Waals surface area contributed by atoms with Crippen molar-refractivity contribution < 1.29 is 0 Å². The first-order valence-corrected chi connectivity index (χ1v) is 6.64. The van der Waals surface area contributed by atoms with Gasteiger partial charge in [-0.1, -0.05) is 43.3 Å². The van der Waals surface area contributed by atoms with Crippen molar-refractivity contribution in [1.29, 1.82) is 0 Å².